The molecule has 1 aromatic rings. The average molecular weight is 322 g/mol. The van der Waals surface area contributed by atoms with E-state index in [9.17, 15) is 9.59 Å². The van der Waals surface area contributed by atoms with Gasteiger partial charge in [-0.1, -0.05) is 17.7 Å². The molecule has 2 aliphatic rings. The number of hydrogen-bond acceptors (Lipinski definition) is 2. The van der Waals surface area contributed by atoms with Crippen molar-refractivity contribution in [1.29, 1.82) is 0 Å². The molecular formula is C16H20ClN3O2. The van der Waals surface area contributed by atoms with Gasteiger partial charge in [-0.15, -0.1) is 0 Å². The number of halogens is 1. The van der Waals surface area contributed by atoms with Gasteiger partial charge in [-0.2, -0.15) is 0 Å². The monoisotopic (exact) mass is 321 g/mol. The van der Waals surface area contributed by atoms with Crippen molar-refractivity contribution in [2.75, 3.05) is 18.4 Å². The zero-order chi connectivity index (χ0) is 15.5. The number of piperidine rings is 1. The fourth-order valence-corrected chi connectivity index (χ4v) is 2.85. The summed E-state index contributed by atoms with van der Waals surface area (Å²) < 4.78 is 0. The molecule has 1 aromatic carbocycles. The number of benzene rings is 1. The minimum absolute atomic E-state index is 0.0378. The number of carbonyl (C=O) groups is 2. The summed E-state index contributed by atoms with van der Waals surface area (Å²) in [6.07, 6.45) is 3.66. The molecular weight excluding hydrogens is 302 g/mol. The Morgan fingerprint density at radius 2 is 1.86 bits per heavy atom. The Labute approximate surface area is 135 Å². The van der Waals surface area contributed by atoms with Crippen LogP contribution in [-0.2, 0) is 4.79 Å². The van der Waals surface area contributed by atoms with Crippen molar-refractivity contribution in [2.45, 2.75) is 31.7 Å². The Morgan fingerprint density at radius 1 is 1.14 bits per heavy atom. The van der Waals surface area contributed by atoms with E-state index in [-0.39, 0.29) is 17.9 Å². The quantitative estimate of drug-likeness (QED) is 0.899. The molecule has 0 unspecified atom stereocenters. The maximum atomic E-state index is 12.2. The lowest BCUT2D eigenvalue weighted by atomic mass is 9.96. The number of nitrogens with zero attached hydrogens (tertiary/aromatic N) is 1. The maximum Gasteiger partial charge on any atom is 0.321 e. The zero-order valence-corrected chi connectivity index (χ0v) is 13.1. The van der Waals surface area contributed by atoms with Gasteiger partial charge in [0.05, 0.1) is 0 Å². The third-order valence-corrected chi connectivity index (χ3v) is 4.39. The summed E-state index contributed by atoms with van der Waals surface area (Å²) >= 11 is 5.91. The zero-order valence-electron chi connectivity index (χ0n) is 12.3. The summed E-state index contributed by atoms with van der Waals surface area (Å²) in [5.41, 5.74) is 0.686. The van der Waals surface area contributed by atoms with Crippen LogP contribution in [0.5, 0.6) is 0 Å². The van der Waals surface area contributed by atoms with Crippen LogP contribution in [0, 0.1) is 5.92 Å². The summed E-state index contributed by atoms with van der Waals surface area (Å²) in [6.45, 7) is 1.21. The summed E-state index contributed by atoms with van der Waals surface area (Å²) in [5.74, 6) is 0.188. The fourth-order valence-electron chi connectivity index (χ4n) is 2.66. The van der Waals surface area contributed by atoms with Crippen molar-refractivity contribution in [3.05, 3.63) is 29.3 Å². The largest absolute Gasteiger partial charge is 0.353 e. The van der Waals surface area contributed by atoms with E-state index in [4.69, 9.17) is 11.6 Å². The second-order valence-electron chi connectivity index (χ2n) is 5.98. The van der Waals surface area contributed by atoms with E-state index < -0.39 is 0 Å². The van der Waals surface area contributed by atoms with Crippen molar-refractivity contribution in [3.63, 3.8) is 0 Å². The van der Waals surface area contributed by atoms with Crippen molar-refractivity contribution < 1.29 is 9.59 Å². The first-order valence-electron chi connectivity index (χ1n) is 7.74. The first kappa shape index (κ1) is 15.2. The highest BCUT2D eigenvalue weighted by Gasteiger charge is 2.31. The number of urea groups is 1. The third kappa shape index (κ3) is 3.91. The lowest BCUT2D eigenvalue weighted by Gasteiger charge is -2.31. The van der Waals surface area contributed by atoms with E-state index in [1.807, 2.05) is 0 Å². The molecule has 3 rings (SSSR count). The second-order valence-corrected chi connectivity index (χ2v) is 6.42. The highest BCUT2D eigenvalue weighted by atomic mass is 35.5. The molecule has 0 radical (unpaired) electrons. The van der Waals surface area contributed by atoms with Crippen LogP contribution >= 0.6 is 11.6 Å². The first-order chi connectivity index (χ1) is 10.6. The topological polar surface area (TPSA) is 61.4 Å². The maximum absolute atomic E-state index is 12.2. The minimum atomic E-state index is -0.136. The smallest absolute Gasteiger partial charge is 0.321 e. The second kappa shape index (κ2) is 6.57. The van der Waals surface area contributed by atoms with Gasteiger partial charge in [0.25, 0.3) is 0 Å². The molecule has 118 valence electrons. The van der Waals surface area contributed by atoms with Crippen LogP contribution in [0.1, 0.15) is 25.7 Å². The van der Waals surface area contributed by atoms with Crippen molar-refractivity contribution >= 4 is 29.2 Å². The summed E-state index contributed by atoms with van der Waals surface area (Å²) in [5, 5.41) is 6.47. The van der Waals surface area contributed by atoms with E-state index in [0.717, 1.165) is 25.7 Å². The van der Waals surface area contributed by atoms with E-state index >= 15 is 0 Å². The van der Waals surface area contributed by atoms with Crippen LogP contribution in [0.25, 0.3) is 0 Å². The highest BCUT2D eigenvalue weighted by Crippen LogP contribution is 2.23. The Hall–Kier alpha value is -1.75. The third-order valence-electron chi connectivity index (χ3n) is 4.15. The standard InChI is InChI=1S/C16H20ClN3O2/c17-12-2-1-3-14(10-12)19-16(22)20-8-6-11(7-9-20)15(21)18-13-4-5-13/h1-3,10-11,13H,4-9H2,(H,18,21)(H,19,22). The predicted molar refractivity (Wildman–Crippen MR) is 85.9 cm³/mol. The van der Waals surface area contributed by atoms with Gasteiger partial charge < -0.3 is 15.5 Å². The number of anilines is 1. The number of nitrogens with one attached hydrogen (secondary N) is 2. The molecule has 0 bridgehead atoms. The Morgan fingerprint density at radius 3 is 2.50 bits per heavy atom. The van der Waals surface area contributed by atoms with Gasteiger partial charge >= 0.3 is 6.03 Å². The number of hydrogen-bond donors (Lipinski definition) is 2. The molecule has 1 aliphatic heterocycles. The van der Waals surface area contributed by atoms with Gasteiger partial charge in [0.15, 0.2) is 0 Å². The van der Waals surface area contributed by atoms with Gasteiger partial charge in [-0.05, 0) is 43.9 Å². The van der Waals surface area contributed by atoms with E-state index in [1.165, 1.54) is 0 Å². The van der Waals surface area contributed by atoms with Crippen molar-refractivity contribution in [2.24, 2.45) is 5.92 Å². The number of rotatable bonds is 3. The normalized spacial score (nSPS) is 18.9. The summed E-state index contributed by atoms with van der Waals surface area (Å²) in [6, 6.07) is 7.35. The summed E-state index contributed by atoms with van der Waals surface area (Å²) in [7, 11) is 0. The highest BCUT2D eigenvalue weighted by molar-refractivity contribution is 6.30. The Kier molecular flexibility index (Phi) is 4.52. The lowest BCUT2D eigenvalue weighted by Crippen LogP contribution is -2.44. The van der Waals surface area contributed by atoms with Crippen LogP contribution in [0.4, 0.5) is 10.5 Å². The molecule has 0 spiro atoms. The summed E-state index contributed by atoms with van der Waals surface area (Å²) in [4.78, 5) is 26.0. The van der Waals surface area contributed by atoms with E-state index in [2.05, 4.69) is 10.6 Å². The Bertz CT molecular complexity index is 566. The van der Waals surface area contributed by atoms with Crippen molar-refractivity contribution in [1.82, 2.24) is 10.2 Å². The molecule has 1 saturated carbocycles. The molecule has 1 aliphatic carbocycles. The van der Waals surface area contributed by atoms with Crippen LogP contribution in [-0.4, -0.2) is 36.0 Å². The van der Waals surface area contributed by atoms with Gasteiger partial charge in [-0.3, -0.25) is 4.79 Å². The van der Waals surface area contributed by atoms with Gasteiger partial charge in [-0.25, -0.2) is 4.79 Å². The van der Waals surface area contributed by atoms with Crippen LogP contribution in [0.15, 0.2) is 24.3 Å². The number of amides is 3. The molecule has 0 atom stereocenters. The molecule has 1 saturated heterocycles. The van der Waals surface area contributed by atoms with E-state index in [1.54, 1.807) is 29.2 Å². The molecule has 0 aromatic heterocycles. The Balaban J connectivity index is 1.48. The molecule has 5 nitrogen and oxygen atoms in total. The number of carbonyl (C=O) groups excluding carboxylic acids is 2. The van der Waals surface area contributed by atoms with Gasteiger partial charge in [0.1, 0.15) is 0 Å². The molecule has 6 heteroatoms. The van der Waals surface area contributed by atoms with Gasteiger partial charge in [0, 0.05) is 35.8 Å². The van der Waals surface area contributed by atoms with Crippen molar-refractivity contribution in [3.8, 4) is 0 Å². The minimum Gasteiger partial charge on any atom is -0.353 e. The van der Waals surface area contributed by atoms with Crippen LogP contribution in [0.2, 0.25) is 5.02 Å². The van der Waals surface area contributed by atoms with Crippen LogP contribution in [0.3, 0.4) is 0 Å². The molecule has 1 heterocycles. The average Bonchev–Trinajstić information content (AvgIpc) is 3.31. The molecule has 2 N–H and O–H groups in total. The molecule has 3 amide bonds. The number of likely N-dealkylation sites (tertiary alicyclic amines) is 1. The lowest BCUT2D eigenvalue weighted by molar-refractivity contribution is -0.126. The fraction of sp³-hybridized carbons (Fsp3) is 0.500. The van der Waals surface area contributed by atoms with Gasteiger partial charge in [0.2, 0.25) is 5.91 Å². The van der Waals surface area contributed by atoms with Crippen LogP contribution < -0.4 is 10.6 Å². The first-order valence-corrected chi connectivity index (χ1v) is 8.11. The SMILES string of the molecule is O=C(NC1CC1)C1CCN(C(=O)Nc2cccc(Cl)c2)CC1. The molecule has 2 fully saturated rings. The molecule has 22 heavy (non-hydrogen) atoms. The predicted octanol–water partition coefficient (Wildman–Crippen LogP) is 2.86. The van der Waals surface area contributed by atoms with E-state index in [0.29, 0.717) is 29.8 Å².